The van der Waals surface area contributed by atoms with E-state index >= 15 is 0 Å². The third-order valence-electron chi connectivity index (χ3n) is 3.59. The summed E-state index contributed by atoms with van der Waals surface area (Å²) in [6, 6.07) is 8.39. The number of nitrogens with zero attached hydrogens (tertiary/aromatic N) is 1. The van der Waals surface area contributed by atoms with Crippen molar-refractivity contribution < 1.29 is 9.90 Å². The molecule has 0 spiro atoms. The smallest absolute Gasteiger partial charge is 0.306 e. The highest BCUT2D eigenvalue weighted by atomic mass is 35.5. The van der Waals surface area contributed by atoms with Gasteiger partial charge in [0.15, 0.2) is 0 Å². The van der Waals surface area contributed by atoms with Crippen LogP contribution in [0.25, 0.3) is 0 Å². The van der Waals surface area contributed by atoms with E-state index in [9.17, 15) is 4.79 Å². The van der Waals surface area contributed by atoms with Gasteiger partial charge in [0.2, 0.25) is 0 Å². The number of hydrogen-bond donors (Lipinski definition) is 1. The molecular weight excluding hydrogens is 250 g/mol. The second-order valence-corrected chi connectivity index (χ2v) is 4.82. The van der Waals surface area contributed by atoms with Crippen LogP contribution >= 0.6 is 12.4 Å². The number of piperidine rings is 1. The fourth-order valence-electron chi connectivity index (χ4n) is 2.37. The third kappa shape index (κ3) is 3.72. The number of carboxylic acids is 1. The number of aliphatic carboxylic acids is 1. The molecule has 0 aliphatic carbocycles. The summed E-state index contributed by atoms with van der Waals surface area (Å²) in [4.78, 5) is 13.2. The molecule has 1 aliphatic heterocycles. The van der Waals surface area contributed by atoms with Gasteiger partial charge in [-0.2, -0.15) is 0 Å². The summed E-state index contributed by atoms with van der Waals surface area (Å²) in [5, 5.41) is 8.94. The van der Waals surface area contributed by atoms with Gasteiger partial charge in [0.1, 0.15) is 0 Å². The predicted molar refractivity (Wildman–Crippen MR) is 74.1 cm³/mol. The Morgan fingerprint density at radius 2 is 1.94 bits per heavy atom. The number of benzene rings is 1. The predicted octanol–water partition coefficient (Wildman–Crippen LogP) is 2.71. The van der Waals surface area contributed by atoms with Crippen LogP contribution in [-0.4, -0.2) is 29.1 Å². The maximum absolute atomic E-state index is 10.9. The molecule has 1 fully saturated rings. The van der Waals surface area contributed by atoms with E-state index in [1.807, 2.05) is 0 Å². The van der Waals surface area contributed by atoms with Crippen molar-refractivity contribution in [2.24, 2.45) is 5.92 Å². The SMILES string of the molecule is Cc1ccccc1CN1CCC(C(=O)O)CC1.Cl. The van der Waals surface area contributed by atoms with Gasteiger partial charge < -0.3 is 5.11 Å². The molecule has 1 saturated heterocycles. The van der Waals surface area contributed by atoms with E-state index in [0.717, 1.165) is 32.5 Å². The first-order chi connectivity index (χ1) is 8.16. The minimum Gasteiger partial charge on any atom is -0.481 e. The highest BCUT2D eigenvalue weighted by Crippen LogP contribution is 2.20. The summed E-state index contributed by atoms with van der Waals surface area (Å²) in [5.74, 6) is -0.774. The first kappa shape index (κ1) is 15.0. The van der Waals surface area contributed by atoms with E-state index < -0.39 is 5.97 Å². The van der Waals surface area contributed by atoms with Crippen molar-refractivity contribution in [1.82, 2.24) is 4.90 Å². The van der Waals surface area contributed by atoms with E-state index in [1.54, 1.807) is 0 Å². The zero-order valence-electron chi connectivity index (χ0n) is 10.6. The second-order valence-electron chi connectivity index (χ2n) is 4.82. The first-order valence-electron chi connectivity index (χ1n) is 6.16. The molecule has 0 unspecified atom stereocenters. The molecule has 0 aromatic heterocycles. The van der Waals surface area contributed by atoms with Crippen molar-refractivity contribution in [3.8, 4) is 0 Å². The highest BCUT2D eigenvalue weighted by Gasteiger charge is 2.24. The average molecular weight is 270 g/mol. The van der Waals surface area contributed by atoms with Gasteiger partial charge in [-0.3, -0.25) is 9.69 Å². The van der Waals surface area contributed by atoms with E-state index in [-0.39, 0.29) is 18.3 Å². The van der Waals surface area contributed by atoms with Crippen molar-refractivity contribution in [3.05, 3.63) is 35.4 Å². The third-order valence-corrected chi connectivity index (χ3v) is 3.59. The summed E-state index contributed by atoms with van der Waals surface area (Å²) in [6.07, 6.45) is 1.56. The van der Waals surface area contributed by atoms with Gasteiger partial charge in [-0.1, -0.05) is 24.3 Å². The molecule has 0 amide bonds. The lowest BCUT2D eigenvalue weighted by molar-refractivity contribution is -0.143. The highest BCUT2D eigenvalue weighted by molar-refractivity contribution is 5.85. The lowest BCUT2D eigenvalue weighted by Crippen LogP contribution is -2.35. The second kappa shape index (κ2) is 6.76. The van der Waals surface area contributed by atoms with Crippen molar-refractivity contribution in [2.45, 2.75) is 26.3 Å². The Morgan fingerprint density at radius 3 is 2.50 bits per heavy atom. The number of aryl methyl sites for hydroxylation is 1. The largest absolute Gasteiger partial charge is 0.481 e. The standard InChI is InChI=1S/C14H19NO2.ClH/c1-11-4-2-3-5-13(11)10-15-8-6-12(7-9-15)14(16)17;/h2-5,12H,6-10H2,1H3,(H,16,17);1H. The molecule has 1 aliphatic rings. The fourth-order valence-corrected chi connectivity index (χ4v) is 2.37. The van der Waals surface area contributed by atoms with E-state index in [4.69, 9.17) is 5.11 Å². The molecule has 0 saturated carbocycles. The summed E-state index contributed by atoms with van der Waals surface area (Å²) in [5.41, 5.74) is 2.66. The molecule has 0 bridgehead atoms. The minimum absolute atomic E-state index is 0. The molecule has 2 rings (SSSR count). The lowest BCUT2D eigenvalue weighted by Gasteiger charge is -2.30. The number of carbonyl (C=O) groups is 1. The van der Waals surface area contributed by atoms with E-state index in [0.29, 0.717) is 0 Å². The molecule has 0 atom stereocenters. The molecule has 1 aromatic carbocycles. The summed E-state index contributed by atoms with van der Waals surface area (Å²) in [7, 11) is 0. The Hall–Kier alpha value is -1.06. The first-order valence-corrected chi connectivity index (χ1v) is 6.16. The molecule has 1 N–H and O–H groups in total. The molecule has 4 heteroatoms. The molecule has 0 radical (unpaired) electrons. The molecule has 100 valence electrons. The minimum atomic E-state index is -0.638. The van der Waals surface area contributed by atoms with Crippen LogP contribution < -0.4 is 0 Å². The number of halogens is 1. The topological polar surface area (TPSA) is 40.5 Å². The average Bonchev–Trinajstić information content (AvgIpc) is 2.33. The van der Waals surface area contributed by atoms with Crippen LogP contribution in [0.5, 0.6) is 0 Å². The Balaban J connectivity index is 0.00000162. The Morgan fingerprint density at radius 1 is 1.33 bits per heavy atom. The van der Waals surface area contributed by atoms with Crippen molar-refractivity contribution in [2.75, 3.05) is 13.1 Å². The van der Waals surface area contributed by atoms with Gasteiger partial charge in [0.25, 0.3) is 0 Å². The zero-order chi connectivity index (χ0) is 12.3. The van der Waals surface area contributed by atoms with Crippen LogP contribution in [0, 0.1) is 12.8 Å². The van der Waals surface area contributed by atoms with Crippen LogP contribution in [0.3, 0.4) is 0 Å². The maximum Gasteiger partial charge on any atom is 0.306 e. The van der Waals surface area contributed by atoms with Crippen molar-refractivity contribution in [1.29, 1.82) is 0 Å². The Bertz CT molecular complexity index is 401. The van der Waals surface area contributed by atoms with Gasteiger partial charge in [-0.25, -0.2) is 0 Å². The maximum atomic E-state index is 10.9. The number of rotatable bonds is 3. The van der Waals surface area contributed by atoms with Gasteiger partial charge in [-0.05, 0) is 44.0 Å². The van der Waals surface area contributed by atoms with Crippen LogP contribution in [0.15, 0.2) is 24.3 Å². The Kier molecular flexibility index (Phi) is 5.63. The summed E-state index contributed by atoms with van der Waals surface area (Å²) >= 11 is 0. The van der Waals surface area contributed by atoms with Gasteiger partial charge >= 0.3 is 5.97 Å². The monoisotopic (exact) mass is 269 g/mol. The number of hydrogen-bond acceptors (Lipinski definition) is 2. The molecular formula is C14H20ClNO2. The number of carboxylic acid groups (broad SMARTS) is 1. The van der Waals surface area contributed by atoms with Crippen molar-refractivity contribution in [3.63, 3.8) is 0 Å². The molecule has 1 heterocycles. The quantitative estimate of drug-likeness (QED) is 0.917. The number of likely N-dealkylation sites (tertiary alicyclic amines) is 1. The van der Waals surface area contributed by atoms with Gasteiger partial charge in [0.05, 0.1) is 5.92 Å². The van der Waals surface area contributed by atoms with Crippen LogP contribution in [-0.2, 0) is 11.3 Å². The zero-order valence-corrected chi connectivity index (χ0v) is 11.4. The Labute approximate surface area is 114 Å². The normalized spacial score (nSPS) is 17.2. The summed E-state index contributed by atoms with van der Waals surface area (Å²) < 4.78 is 0. The lowest BCUT2D eigenvalue weighted by atomic mass is 9.96. The molecule has 1 aromatic rings. The fraction of sp³-hybridized carbons (Fsp3) is 0.500. The van der Waals surface area contributed by atoms with Gasteiger partial charge in [0, 0.05) is 6.54 Å². The molecule has 3 nitrogen and oxygen atoms in total. The molecule has 18 heavy (non-hydrogen) atoms. The van der Waals surface area contributed by atoms with E-state index in [2.05, 4.69) is 36.1 Å². The van der Waals surface area contributed by atoms with Gasteiger partial charge in [-0.15, -0.1) is 12.4 Å². The summed E-state index contributed by atoms with van der Waals surface area (Å²) in [6.45, 7) is 4.86. The van der Waals surface area contributed by atoms with Crippen molar-refractivity contribution >= 4 is 18.4 Å². The van der Waals surface area contributed by atoms with E-state index in [1.165, 1.54) is 11.1 Å². The van der Waals surface area contributed by atoms with Crippen LogP contribution in [0.2, 0.25) is 0 Å². The van der Waals surface area contributed by atoms with Crippen LogP contribution in [0.4, 0.5) is 0 Å². The van der Waals surface area contributed by atoms with Crippen LogP contribution in [0.1, 0.15) is 24.0 Å².